The van der Waals surface area contributed by atoms with Gasteiger partial charge >= 0.3 is 12.1 Å². The molecule has 2 amide bonds. The molecule has 0 bridgehead atoms. The molecule has 152 valence electrons. The van der Waals surface area contributed by atoms with Crippen molar-refractivity contribution in [3.63, 3.8) is 0 Å². The molecule has 3 rings (SSSR count). The Labute approximate surface area is 163 Å². The van der Waals surface area contributed by atoms with E-state index in [0.717, 1.165) is 24.2 Å². The number of benzene rings is 1. The van der Waals surface area contributed by atoms with E-state index < -0.39 is 34.6 Å². The highest BCUT2D eigenvalue weighted by Gasteiger charge is 2.32. The van der Waals surface area contributed by atoms with Gasteiger partial charge in [0.25, 0.3) is 5.91 Å². The Morgan fingerprint density at radius 2 is 2.04 bits per heavy atom. The van der Waals surface area contributed by atoms with Gasteiger partial charge in [-0.25, -0.2) is 22.9 Å². The van der Waals surface area contributed by atoms with Crippen molar-refractivity contribution in [2.45, 2.75) is 37.1 Å². The molecule has 0 radical (unpaired) electrons. The van der Waals surface area contributed by atoms with Gasteiger partial charge in [0.15, 0.2) is 6.61 Å². The van der Waals surface area contributed by atoms with Crippen LogP contribution in [0, 0.1) is 0 Å². The Hall–Kier alpha value is -2.46. The summed E-state index contributed by atoms with van der Waals surface area (Å²) in [4.78, 5) is 36.3. The van der Waals surface area contributed by atoms with Crippen LogP contribution in [0.15, 0.2) is 29.2 Å². The fourth-order valence-electron chi connectivity index (χ4n) is 3.26. The van der Waals surface area contributed by atoms with Gasteiger partial charge in [-0.05, 0) is 38.0 Å². The van der Waals surface area contributed by atoms with E-state index in [1.165, 1.54) is 28.6 Å². The molecule has 0 unspecified atom stereocenters. The number of sulfonamides is 1. The van der Waals surface area contributed by atoms with Crippen molar-refractivity contribution in [1.29, 1.82) is 0 Å². The average molecular weight is 410 g/mol. The molecule has 0 aliphatic carbocycles. The minimum Gasteiger partial charge on any atom is -0.452 e. The molecule has 0 saturated carbocycles. The molecule has 10 heteroatoms. The highest BCUT2D eigenvalue weighted by molar-refractivity contribution is 7.89. The maximum Gasteiger partial charge on any atom is 0.416 e. The molecule has 2 saturated heterocycles. The number of ether oxygens (including phenoxy) is 2. The van der Waals surface area contributed by atoms with E-state index in [9.17, 15) is 22.8 Å². The Morgan fingerprint density at radius 1 is 1.25 bits per heavy atom. The van der Waals surface area contributed by atoms with Gasteiger partial charge in [0.1, 0.15) is 6.61 Å². The number of hydrogen-bond donors (Lipinski definition) is 0. The predicted molar refractivity (Wildman–Crippen MR) is 97.0 cm³/mol. The molecule has 2 heterocycles. The number of rotatable bonds is 5. The number of piperidine rings is 1. The van der Waals surface area contributed by atoms with Gasteiger partial charge in [-0.2, -0.15) is 4.31 Å². The molecule has 0 spiro atoms. The minimum atomic E-state index is -3.73. The van der Waals surface area contributed by atoms with Gasteiger partial charge in [-0.3, -0.25) is 4.79 Å². The molecule has 28 heavy (non-hydrogen) atoms. The first-order valence-corrected chi connectivity index (χ1v) is 10.5. The lowest BCUT2D eigenvalue weighted by molar-refractivity contribution is -0.131. The standard InChI is InChI=1S/C18H22N2O7S/c1-13-5-2-3-8-20(13)28(24,25)15-7-4-6-14(11-15)17(22)27-12-16(21)19-9-10-26-18(19)23/h4,6-7,11,13H,2-3,5,8-10,12H2,1H3/t13-/m0/s1. The first-order chi connectivity index (χ1) is 13.3. The van der Waals surface area contributed by atoms with E-state index in [-0.39, 0.29) is 29.7 Å². The maximum absolute atomic E-state index is 12.9. The van der Waals surface area contributed by atoms with Crippen molar-refractivity contribution < 1.29 is 32.3 Å². The number of imide groups is 1. The summed E-state index contributed by atoms with van der Waals surface area (Å²) in [5, 5.41) is 0. The third-order valence-electron chi connectivity index (χ3n) is 4.81. The fraction of sp³-hybridized carbons (Fsp3) is 0.500. The third-order valence-corrected chi connectivity index (χ3v) is 6.82. The smallest absolute Gasteiger partial charge is 0.416 e. The molecule has 2 fully saturated rings. The van der Waals surface area contributed by atoms with Crippen LogP contribution in [0.2, 0.25) is 0 Å². The molecule has 9 nitrogen and oxygen atoms in total. The van der Waals surface area contributed by atoms with Gasteiger partial charge in [0.2, 0.25) is 10.0 Å². The van der Waals surface area contributed by atoms with Gasteiger partial charge in [-0.15, -0.1) is 0 Å². The first-order valence-electron chi connectivity index (χ1n) is 9.07. The Kier molecular flexibility index (Phi) is 5.99. The molecule has 1 aromatic rings. The van der Waals surface area contributed by atoms with E-state index in [1.807, 2.05) is 6.92 Å². The van der Waals surface area contributed by atoms with Crippen LogP contribution in [0.5, 0.6) is 0 Å². The Morgan fingerprint density at radius 3 is 2.71 bits per heavy atom. The first kappa shape index (κ1) is 20.3. The summed E-state index contributed by atoms with van der Waals surface area (Å²) in [5.74, 6) is -1.54. The fourth-order valence-corrected chi connectivity index (χ4v) is 5.00. The third kappa shape index (κ3) is 4.17. The summed E-state index contributed by atoms with van der Waals surface area (Å²) in [7, 11) is -3.73. The maximum atomic E-state index is 12.9. The zero-order chi connectivity index (χ0) is 20.3. The highest BCUT2D eigenvalue weighted by atomic mass is 32.2. The van der Waals surface area contributed by atoms with Crippen molar-refractivity contribution in [1.82, 2.24) is 9.21 Å². The monoisotopic (exact) mass is 410 g/mol. The zero-order valence-corrected chi connectivity index (χ0v) is 16.3. The van der Waals surface area contributed by atoms with Gasteiger partial charge in [0, 0.05) is 12.6 Å². The summed E-state index contributed by atoms with van der Waals surface area (Å²) >= 11 is 0. The summed E-state index contributed by atoms with van der Waals surface area (Å²) in [6.45, 7) is 1.89. The number of carbonyl (C=O) groups excluding carboxylic acids is 3. The van der Waals surface area contributed by atoms with E-state index in [1.54, 1.807) is 0 Å². The highest BCUT2D eigenvalue weighted by Crippen LogP contribution is 2.25. The summed E-state index contributed by atoms with van der Waals surface area (Å²) in [6, 6.07) is 5.44. The number of nitrogens with zero attached hydrogens (tertiary/aromatic N) is 2. The minimum absolute atomic E-state index is 0.00477. The number of carbonyl (C=O) groups is 3. The number of esters is 1. The second-order valence-electron chi connectivity index (χ2n) is 6.72. The summed E-state index contributed by atoms with van der Waals surface area (Å²) < 4.78 is 36.9. The van der Waals surface area contributed by atoms with Crippen LogP contribution in [0.3, 0.4) is 0 Å². The predicted octanol–water partition coefficient (Wildman–Crippen LogP) is 1.39. The van der Waals surface area contributed by atoms with Crippen molar-refractivity contribution in [2.75, 3.05) is 26.3 Å². The largest absolute Gasteiger partial charge is 0.452 e. The van der Waals surface area contributed by atoms with Gasteiger partial charge in [-0.1, -0.05) is 12.5 Å². The van der Waals surface area contributed by atoms with Crippen LogP contribution in [0.25, 0.3) is 0 Å². The van der Waals surface area contributed by atoms with Crippen molar-refractivity contribution >= 4 is 28.0 Å². The van der Waals surface area contributed by atoms with E-state index in [0.29, 0.717) is 6.54 Å². The van der Waals surface area contributed by atoms with Crippen molar-refractivity contribution in [3.8, 4) is 0 Å². The molecule has 1 aromatic carbocycles. The van der Waals surface area contributed by atoms with Crippen LogP contribution in [0.4, 0.5) is 4.79 Å². The average Bonchev–Trinajstić information content (AvgIpc) is 3.12. The SMILES string of the molecule is C[C@H]1CCCCN1S(=O)(=O)c1cccc(C(=O)OCC(=O)N2CCOC2=O)c1. The van der Waals surface area contributed by atoms with E-state index in [2.05, 4.69) is 4.74 Å². The lowest BCUT2D eigenvalue weighted by Crippen LogP contribution is -2.41. The lowest BCUT2D eigenvalue weighted by Gasteiger charge is -2.32. The second kappa shape index (κ2) is 8.27. The van der Waals surface area contributed by atoms with Crippen LogP contribution in [0.1, 0.15) is 36.5 Å². The van der Waals surface area contributed by atoms with Crippen LogP contribution in [-0.2, 0) is 24.3 Å². The molecule has 2 aliphatic rings. The van der Waals surface area contributed by atoms with Crippen LogP contribution < -0.4 is 0 Å². The van der Waals surface area contributed by atoms with Crippen molar-refractivity contribution in [2.24, 2.45) is 0 Å². The van der Waals surface area contributed by atoms with Crippen molar-refractivity contribution in [3.05, 3.63) is 29.8 Å². The normalized spacial score (nSPS) is 20.7. The Bertz CT molecular complexity index is 884. The lowest BCUT2D eigenvalue weighted by atomic mass is 10.1. The second-order valence-corrected chi connectivity index (χ2v) is 8.61. The number of hydrogen-bond acceptors (Lipinski definition) is 7. The van der Waals surface area contributed by atoms with E-state index in [4.69, 9.17) is 4.74 Å². The quantitative estimate of drug-likeness (QED) is 0.675. The molecule has 2 aliphatic heterocycles. The van der Waals surface area contributed by atoms with Crippen LogP contribution >= 0.6 is 0 Å². The summed E-state index contributed by atoms with van der Waals surface area (Å²) in [5.41, 5.74) is 0.0162. The van der Waals surface area contributed by atoms with Crippen LogP contribution in [-0.4, -0.2) is 67.9 Å². The topological polar surface area (TPSA) is 110 Å². The number of cyclic esters (lactones) is 1. The molecule has 0 N–H and O–H groups in total. The van der Waals surface area contributed by atoms with E-state index >= 15 is 0 Å². The molecule has 1 atom stereocenters. The molecular weight excluding hydrogens is 388 g/mol. The zero-order valence-electron chi connectivity index (χ0n) is 15.5. The summed E-state index contributed by atoms with van der Waals surface area (Å²) in [6.07, 6.45) is 1.80. The molecule has 0 aromatic heterocycles. The number of amides is 2. The molecular formula is C18H22N2O7S. The van der Waals surface area contributed by atoms with Gasteiger partial charge in [0.05, 0.1) is 17.0 Å². The van der Waals surface area contributed by atoms with Gasteiger partial charge < -0.3 is 9.47 Å². The Balaban J connectivity index is 1.69.